The van der Waals surface area contributed by atoms with Gasteiger partial charge in [0.2, 0.25) is 0 Å². The van der Waals surface area contributed by atoms with Crippen molar-refractivity contribution < 1.29 is 26.3 Å². The SMILES string of the molecule is Cn1nc(C(F)(F)F)cc1S(=O)(=O)N1CCN(CC2(C)CCOCC2)CC1. The van der Waals surface area contributed by atoms with E-state index in [1.165, 1.54) is 11.4 Å². The third kappa shape index (κ3) is 4.47. The van der Waals surface area contributed by atoms with Crippen molar-refractivity contribution in [2.45, 2.75) is 31.0 Å². The third-order valence-electron chi connectivity index (χ3n) is 5.37. The van der Waals surface area contributed by atoms with Crippen LogP contribution in [0.3, 0.4) is 0 Å². The summed E-state index contributed by atoms with van der Waals surface area (Å²) in [4.78, 5) is 2.22. The van der Waals surface area contributed by atoms with E-state index >= 15 is 0 Å². The van der Waals surface area contributed by atoms with Crippen molar-refractivity contribution in [3.63, 3.8) is 0 Å². The summed E-state index contributed by atoms with van der Waals surface area (Å²) >= 11 is 0. The van der Waals surface area contributed by atoms with Crippen molar-refractivity contribution in [1.82, 2.24) is 19.0 Å². The number of hydrogen-bond donors (Lipinski definition) is 0. The van der Waals surface area contributed by atoms with Gasteiger partial charge in [0.05, 0.1) is 0 Å². The van der Waals surface area contributed by atoms with Crippen LogP contribution in [0.4, 0.5) is 13.2 Å². The molecule has 154 valence electrons. The Kier molecular flexibility index (Phi) is 5.59. The minimum atomic E-state index is -4.68. The standard InChI is InChI=1S/C16H25F3N4O3S/c1-15(3-9-26-10-4-15)12-22-5-7-23(8-6-22)27(24,25)14-11-13(16(17,18)19)20-21(14)2/h11H,3-10,12H2,1-2H3. The van der Waals surface area contributed by atoms with Crippen LogP contribution in [0.25, 0.3) is 0 Å². The van der Waals surface area contributed by atoms with Crippen LogP contribution < -0.4 is 0 Å². The summed E-state index contributed by atoms with van der Waals surface area (Å²) in [5, 5.41) is 2.88. The molecule has 0 unspecified atom stereocenters. The summed E-state index contributed by atoms with van der Waals surface area (Å²) in [6, 6.07) is 0.602. The van der Waals surface area contributed by atoms with Crippen molar-refractivity contribution in [2.75, 3.05) is 45.9 Å². The van der Waals surface area contributed by atoms with E-state index in [0.29, 0.717) is 19.2 Å². The molecule has 3 rings (SSSR count). The molecule has 0 amide bonds. The van der Waals surface area contributed by atoms with Crippen LogP contribution in [0.5, 0.6) is 0 Å². The van der Waals surface area contributed by atoms with E-state index < -0.39 is 26.9 Å². The van der Waals surface area contributed by atoms with Gasteiger partial charge in [-0.2, -0.15) is 22.6 Å². The maximum absolute atomic E-state index is 12.8. The summed E-state index contributed by atoms with van der Waals surface area (Å²) in [5.41, 5.74) is -1.04. The summed E-state index contributed by atoms with van der Waals surface area (Å²) in [6.45, 7) is 6.18. The molecule has 0 N–H and O–H groups in total. The summed E-state index contributed by atoms with van der Waals surface area (Å²) < 4.78 is 71.4. The highest BCUT2D eigenvalue weighted by atomic mass is 32.2. The molecule has 0 spiro atoms. The molecule has 2 saturated heterocycles. The molecule has 2 aliphatic heterocycles. The molecule has 2 aliphatic rings. The zero-order valence-electron chi connectivity index (χ0n) is 15.5. The first-order valence-electron chi connectivity index (χ1n) is 8.93. The molecule has 0 atom stereocenters. The van der Waals surface area contributed by atoms with Gasteiger partial charge in [0.15, 0.2) is 10.7 Å². The fraction of sp³-hybridized carbons (Fsp3) is 0.812. The number of hydrogen-bond acceptors (Lipinski definition) is 5. The van der Waals surface area contributed by atoms with E-state index in [-0.39, 0.29) is 18.5 Å². The number of piperazine rings is 1. The monoisotopic (exact) mass is 410 g/mol. The van der Waals surface area contributed by atoms with Crippen molar-refractivity contribution in [1.29, 1.82) is 0 Å². The first kappa shape index (κ1) is 20.6. The number of alkyl halides is 3. The molecule has 3 heterocycles. The molecule has 27 heavy (non-hydrogen) atoms. The van der Waals surface area contributed by atoms with Crippen molar-refractivity contribution in [2.24, 2.45) is 12.5 Å². The fourth-order valence-electron chi connectivity index (χ4n) is 3.65. The Morgan fingerprint density at radius 2 is 1.78 bits per heavy atom. The van der Waals surface area contributed by atoms with Gasteiger partial charge in [-0.3, -0.25) is 4.68 Å². The summed E-state index contributed by atoms with van der Waals surface area (Å²) in [6.07, 6.45) is -2.73. The average Bonchev–Trinajstić information content (AvgIpc) is 2.98. The lowest BCUT2D eigenvalue weighted by atomic mass is 9.82. The van der Waals surface area contributed by atoms with Gasteiger partial charge in [0, 0.05) is 59.1 Å². The first-order chi connectivity index (χ1) is 12.5. The Bertz CT molecular complexity index is 764. The number of halogens is 3. The van der Waals surface area contributed by atoms with Crippen LogP contribution in [0.2, 0.25) is 0 Å². The number of aryl methyl sites for hydroxylation is 1. The molecule has 1 aromatic heterocycles. The predicted molar refractivity (Wildman–Crippen MR) is 91.6 cm³/mol. The predicted octanol–water partition coefficient (Wildman–Crippen LogP) is 1.56. The van der Waals surface area contributed by atoms with Gasteiger partial charge in [-0.25, -0.2) is 8.42 Å². The van der Waals surface area contributed by atoms with E-state index in [2.05, 4.69) is 16.9 Å². The van der Waals surface area contributed by atoms with Gasteiger partial charge in [-0.15, -0.1) is 0 Å². The molecular weight excluding hydrogens is 385 g/mol. The molecule has 2 fully saturated rings. The van der Waals surface area contributed by atoms with Gasteiger partial charge >= 0.3 is 6.18 Å². The highest BCUT2D eigenvalue weighted by molar-refractivity contribution is 7.89. The van der Waals surface area contributed by atoms with Gasteiger partial charge < -0.3 is 9.64 Å². The van der Waals surface area contributed by atoms with E-state index in [1.807, 2.05) is 0 Å². The molecule has 0 aliphatic carbocycles. The van der Waals surface area contributed by atoms with Crippen molar-refractivity contribution >= 4 is 10.0 Å². The van der Waals surface area contributed by atoms with E-state index in [0.717, 1.165) is 37.3 Å². The normalized spacial score (nSPS) is 22.9. The Morgan fingerprint density at radius 1 is 1.19 bits per heavy atom. The molecule has 0 saturated carbocycles. The number of nitrogens with zero attached hydrogens (tertiary/aromatic N) is 4. The molecule has 1 aromatic rings. The van der Waals surface area contributed by atoms with Crippen LogP contribution in [-0.2, 0) is 28.0 Å². The highest BCUT2D eigenvalue weighted by Gasteiger charge is 2.39. The highest BCUT2D eigenvalue weighted by Crippen LogP contribution is 2.32. The van der Waals surface area contributed by atoms with Crippen LogP contribution in [0.15, 0.2) is 11.1 Å². The number of rotatable bonds is 4. The lowest BCUT2D eigenvalue weighted by Crippen LogP contribution is -2.51. The lowest BCUT2D eigenvalue weighted by Gasteiger charge is -2.41. The average molecular weight is 410 g/mol. The smallest absolute Gasteiger partial charge is 0.381 e. The topological polar surface area (TPSA) is 67.7 Å². The fourth-order valence-corrected chi connectivity index (χ4v) is 5.20. The summed E-state index contributed by atoms with van der Waals surface area (Å²) in [5.74, 6) is 0. The Morgan fingerprint density at radius 3 is 2.30 bits per heavy atom. The van der Waals surface area contributed by atoms with Crippen LogP contribution >= 0.6 is 0 Å². The van der Waals surface area contributed by atoms with Gasteiger partial charge in [0.25, 0.3) is 10.0 Å². The first-order valence-corrected chi connectivity index (χ1v) is 10.4. The van der Waals surface area contributed by atoms with Crippen LogP contribution in [-0.4, -0.2) is 73.3 Å². The lowest BCUT2D eigenvalue weighted by molar-refractivity contribution is -0.141. The maximum atomic E-state index is 12.8. The number of ether oxygens (including phenoxy) is 1. The zero-order valence-corrected chi connectivity index (χ0v) is 16.3. The van der Waals surface area contributed by atoms with E-state index in [9.17, 15) is 21.6 Å². The molecule has 11 heteroatoms. The third-order valence-corrected chi connectivity index (χ3v) is 7.32. The van der Waals surface area contributed by atoms with Gasteiger partial charge in [0.1, 0.15) is 0 Å². The van der Waals surface area contributed by atoms with Crippen LogP contribution in [0.1, 0.15) is 25.5 Å². The Hall–Kier alpha value is -1.17. The van der Waals surface area contributed by atoms with Crippen molar-refractivity contribution in [3.05, 3.63) is 11.8 Å². The molecule has 0 bridgehead atoms. The number of sulfonamides is 1. The van der Waals surface area contributed by atoms with E-state index in [4.69, 9.17) is 4.74 Å². The van der Waals surface area contributed by atoms with Crippen LogP contribution in [0, 0.1) is 5.41 Å². The van der Waals surface area contributed by atoms with Gasteiger partial charge in [-0.05, 0) is 18.3 Å². The minimum Gasteiger partial charge on any atom is -0.381 e. The zero-order chi connectivity index (χ0) is 19.9. The second kappa shape index (κ2) is 7.34. The van der Waals surface area contributed by atoms with E-state index in [1.54, 1.807) is 0 Å². The second-order valence-corrected chi connectivity index (χ2v) is 9.48. The Balaban J connectivity index is 1.66. The largest absolute Gasteiger partial charge is 0.435 e. The second-order valence-electron chi connectivity index (χ2n) is 7.59. The maximum Gasteiger partial charge on any atom is 0.435 e. The number of aromatic nitrogens is 2. The minimum absolute atomic E-state index is 0.156. The summed E-state index contributed by atoms with van der Waals surface area (Å²) in [7, 11) is -2.80. The quantitative estimate of drug-likeness (QED) is 0.754. The molecular formula is C16H25F3N4O3S. The van der Waals surface area contributed by atoms with Crippen molar-refractivity contribution in [3.8, 4) is 0 Å². The molecule has 0 radical (unpaired) electrons. The van der Waals surface area contributed by atoms with Gasteiger partial charge in [-0.1, -0.05) is 6.92 Å². The molecule has 7 nitrogen and oxygen atoms in total. The Labute approximate surface area is 157 Å². The molecule has 0 aromatic carbocycles.